The van der Waals surface area contributed by atoms with Gasteiger partial charge in [0, 0.05) is 11.4 Å². The first kappa shape index (κ1) is 21.7. The molecule has 3 aromatic rings. The van der Waals surface area contributed by atoms with Crippen molar-refractivity contribution in [1.29, 1.82) is 0 Å². The van der Waals surface area contributed by atoms with Crippen molar-refractivity contribution in [3.63, 3.8) is 0 Å². The smallest absolute Gasteiger partial charge is 0.234 e. The van der Waals surface area contributed by atoms with Gasteiger partial charge in [-0.25, -0.2) is 0 Å². The van der Waals surface area contributed by atoms with Crippen molar-refractivity contribution in [2.75, 3.05) is 22.1 Å². The lowest BCUT2D eigenvalue weighted by Crippen LogP contribution is -2.19. The highest BCUT2D eigenvalue weighted by molar-refractivity contribution is 8.00. The first-order chi connectivity index (χ1) is 14.5. The van der Waals surface area contributed by atoms with Gasteiger partial charge in [0.1, 0.15) is 0 Å². The Labute approximate surface area is 182 Å². The van der Waals surface area contributed by atoms with Crippen LogP contribution in [-0.2, 0) is 16.0 Å². The average molecular weight is 419 g/mol. The van der Waals surface area contributed by atoms with Crippen LogP contribution in [0.15, 0.2) is 72.8 Å². The number of carbonyl (C=O) groups excluding carboxylic acids is 2. The lowest BCUT2D eigenvalue weighted by atomic mass is 10.0. The molecule has 0 aliphatic carbocycles. The van der Waals surface area contributed by atoms with Crippen LogP contribution >= 0.6 is 11.8 Å². The van der Waals surface area contributed by atoms with Gasteiger partial charge in [-0.05, 0) is 49.1 Å². The van der Waals surface area contributed by atoms with E-state index in [1.54, 1.807) is 0 Å². The van der Waals surface area contributed by atoms with Gasteiger partial charge >= 0.3 is 0 Å². The number of hydrogen-bond acceptors (Lipinski definition) is 3. The number of para-hydroxylation sites is 1. The molecule has 0 aromatic heterocycles. The number of thioether (sulfide) groups is 1. The van der Waals surface area contributed by atoms with Gasteiger partial charge < -0.3 is 10.6 Å². The minimum absolute atomic E-state index is 0.107. The highest BCUT2D eigenvalue weighted by Gasteiger charge is 2.10. The molecule has 3 aromatic carbocycles. The van der Waals surface area contributed by atoms with Gasteiger partial charge in [0.15, 0.2) is 0 Å². The fourth-order valence-electron chi connectivity index (χ4n) is 3.18. The number of benzene rings is 3. The summed E-state index contributed by atoms with van der Waals surface area (Å²) >= 11 is 1.30. The number of hydrogen-bond donors (Lipinski definition) is 2. The van der Waals surface area contributed by atoms with E-state index in [9.17, 15) is 9.59 Å². The van der Waals surface area contributed by atoms with Gasteiger partial charge in [-0.15, -0.1) is 11.8 Å². The molecule has 0 saturated carbocycles. The molecule has 30 heavy (non-hydrogen) atoms. The number of anilines is 2. The highest BCUT2D eigenvalue weighted by atomic mass is 32.2. The second kappa shape index (κ2) is 10.6. The van der Waals surface area contributed by atoms with Crippen molar-refractivity contribution in [2.24, 2.45) is 0 Å². The van der Waals surface area contributed by atoms with E-state index in [2.05, 4.69) is 22.8 Å². The third-order valence-electron chi connectivity index (χ3n) is 4.65. The van der Waals surface area contributed by atoms with Gasteiger partial charge in [0.25, 0.3) is 0 Å². The molecule has 5 heteroatoms. The topological polar surface area (TPSA) is 58.2 Å². The Kier molecular flexibility index (Phi) is 7.69. The van der Waals surface area contributed by atoms with Gasteiger partial charge in [-0.1, -0.05) is 66.2 Å². The van der Waals surface area contributed by atoms with Crippen molar-refractivity contribution >= 4 is 35.0 Å². The molecule has 2 N–H and O–H groups in total. The third kappa shape index (κ3) is 6.49. The summed E-state index contributed by atoms with van der Waals surface area (Å²) in [6.45, 7) is 3.99. The molecule has 3 rings (SSSR count). The maximum atomic E-state index is 12.4. The van der Waals surface area contributed by atoms with Crippen molar-refractivity contribution in [3.8, 4) is 0 Å². The molecule has 154 valence electrons. The van der Waals surface area contributed by atoms with Crippen LogP contribution in [0.1, 0.15) is 22.3 Å². The van der Waals surface area contributed by atoms with E-state index in [-0.39, 0.29) is 23.3 Å². The predicted octanol–water partition coefficient (Wildman–Crippen LogP) is 5.20. The van der Waals surface area contributed by atoms with E-state index < -0.39 is 0 Å². The standard InChI is InChI=1S/C25H26N2O2S/c1-18-12-13-22(19(2)14-18)26-24(28)16-30-17-25(29)27-23-11-7-6-10-21(23)15-20-8-4-3-5-9-20/h3-14H,15-17H2,1-2H3,(H,26,28)(H,27,29). The lowest BCUT2D eigenvalue weighted by Gasteiger charge is -2.12. The van der Waals surface area contributed by atoms with Crippen molar-refractivity contribution < 1.29 is 9.59 Å². The highest BCUT2D eigenvalue weighted by Crippen LogP contribution is 2.20. The van der Waals surface area contributed by atoms with Crippen molar-refractivity contribution in [1.82, 2.24) is 0 Å². The molecule has 0 heterocycles. The average Bonchev–Trinajstić information content (AvgIpc) is 2.72. The minimum atomic E-state index is -0.111. The molecule has 2 amide bonds. The molecule has 0 spiro atoms. The Balaban J connectivity index is 1.48. The Hall–Kier alpha value is -3.05. The van der Waals surface area contributed by atoms with Crippen LogP contribution in [-0.4, -0.2) is 23.3 Å². The van der Waals surface area contributed by atoms with E-state index in [0.29, 0.717) is 0 Å². The Bertz CT molecular complexity index is 1020. The van der Waals surface area contributed by atoms with Crippen LogP contribution in [0, 0.1) is 13.8 Å². The summed E-state index contributed by atoms with van der Waals surface area (Å²) in [5, 5.41) is 5.88. The summed E-state index contributed by atoms with van der Waals surface area (Å²) in [4.78, 5) is 24.6. The fourth-order valence-corrected chi connectivity index (χ4v) is 3.79. The zero-order valence-electron chi connectivity index (χ0n) is 17.3. The van der Waals surface area contributed by atoms with Crippen LogP contribution < -0.4 is 10.6 Å². The first-order valence-corrected chi connectivity index (χ1v) is 11.0. The zero-order valence-corrected chi connectivity index (χ0v) is 18.1. The van der Waals surface area contributed by atoms with Crippen LogP contribution in [0.2, 0.25) is 0 Å². The van der Waals surface area contributed by atoms with Gasteiger partial charge in [-0.2, -0.15) is 0 Å². The van der Waals surface area contributed by atoms with E-state index in [1.165, 1.54) is 17.3 Å². The van der Waals surface area contributed by atoms with Crippen molar-refractivity contribution in [2.45, 2.75) is 20.3 Å². The summed E-state index contributed by atoms with van der Waals surface area (Å²) in [6, 6.07) is 23.9. The molecular weight excluding hydrogens is 392 g/mol. The van der Waals surface area contributed by atoms with E-state index >= 15 is 0 Å². The number of nitrogens with one attached hydrogen (secondary N) is 2. The molecule has 0 bridgehead atoms. The number of aryl methyl sites for hydroxylation is 2. The Morgan fingerprint density at radius 3 is 2.10 bits per heavy atom. The first-order valence-electron chi connectivity index (χ1n) is 9.88. The quantitative estimate of drug-likeness (QED) is 0.528. The van der Waals surface area contributed by atoms with E-state index in [0.717, 1.165) is 34.5 Å². The summed E-state index contributed by atoms with van der Waals surface area (Å²) < 4.78 is 0. The van der Waals surface area contributed by atoms with E-state index in [1.807, 2.05) is 74.5 Å². The number of carbonyl (C=O) groups is 2. The van der Waals surface area contributed by atoms with Crippen LogP contribution in [0.5, 0.6) is 0 Å². The summed E-state index contributed by atoms with van der Waals surface area (Å²) in [7, 11) is 0. The molecule has 0 unspecified atom stereocenters. The molecule has 0 atom stereocenters. The minimum Gasteiger partial charge on any atom is -0.325 e. The van der Waals surface area contributed by atoms with Crippen molar-refractivity contribution in [3.05, 3.63) is 95.1 Å². The summed E-state index contributed by atoms with van der Waals surface area (Å²) in [6.07, 6.45) is 0.753. The molecule has 0 radical (unpaired) electrons. The fraction of sp³-hybridized carbons (Fsp3) is 0.200. The van der Waals surface area contributed by atoms with Crippen LogP contribution in [0.4, 0.5) is 11.4 Å². The molecule has 0 saturated heterocycles. The van der Waals surface area contributed by atoms with Gasteiger partial charge in [0.05, 0.1) is 11.5 Å². The summed E-state index contributed by atoms with van der Waals surface area (Å²) in [5.74, 6) is 0.232. The molecule has 4 nitrogen and oxygen atoms in total. The monoisotopic (exact) mass is 418 g/mol. The largest absolute Gasteiger partial charge is 0.325 e. The van der Waals surface area contributed by atoms with Gasteiger partial charge in [-0.3, -0.25) is 9.59 Å². The third-order valence-corrected chi connectivity index (χ3v) is 5.58. The Morgan fingerprint density at radius 2 is 1.40 bits per heavy atom. The SMILES string of the molecule is Cc1ccc(NC(=O)CSCC(=O)Nc2ccccc2Cc2ccccc2)c(C)c1. The van der Waals surface area contributed by atoms with Crippen LogP contribution in [0.3, 0.4) is 0 Å². The second-order valence-corrected chi connectivity index (χ2v) is 8.21. The molecular formula is C25H26N2O2S. The normalized spacial score (nSPS) is 10.5. The molecule has 0 aliphatic heterocycles. The van der Waals surface area contributed by atoms with Gasteiger partial charge in [0.2, 0.25) is 11.8 Å². The molecule has 0 aliphatic rings. The zero-order chi connectivity index (χ0) is 21.3. The second-order valence-electron chi connectivity index (χ2n) is 7.23. The maximum absolute atomic E-state index is 12.4. The number of amides is 2. The Morgan fingerprint density at radius 1 is 0.767 bits per heavy atom. The predicted molar refractivity (Wildman–Crippen MR) is 126 cm³/mol. The van der Waals surface area contributed by atoms with E-state index in [4.69, 9.17) is 0 Å². The number of rotatable bonds is 8. The van der Waals surface area contributed by atoms with Crippen LogP contribution in [0.25, 0.3) is 0 Å². The maximum Gasteiger partial charge on any atom is 0.234 e. The molecule has 0 fully saturated rings. The summed E-state index contributed by atoms with van der Waals surface area (Å²) in [5.41, 5.74) is 6.06. The lowest BCUT2D eigenvalue weighted by molar-refractivity contribution is -0.114.